The molecule has 230 valence electrons. The molecule has 1 aromatic heterocycles. The summed E-state index contributed by atoms with van der Waals surface area (Å²) in [6.07, 6.45) is 9.36. The predicted octanol–water partition coefficient (Wildman–Crippen LogP) is 5.69. The van der Waals surface area contributed by atoms with Crippen LogP contribution in [0.5, 0.6) is 0 Å². The fourth-order valence-corrected chi connectivity index (χ4v) is 6.69. The zero-order valence-corrected chi connectivity index (χ0v) is 25.5. The summed E-state index contributed by atoms with van der Waals surface area (Å²) in [7, 11) is 0. The lowest BCUT2D eigenvalue weighted by Crippen LogP contribution is -2.34. The highest BCUT2D eigenvalue weighted by Gasteiger charge is 2.40. The topological polar surface area (TPSA) is 130 Å². The van der Waals surface area contributed by atoms with Crippen LogP contribution in [-0.2, 0) is 25.7 Å². The van der Waals surface area contributed by atoms with Gasteiger partial charge in [0.15, 0.2) is 0 Å². The van der Waals surface area contributed by atoms with Gasteiger partial charge in [-0.1, -0.05) is 52.3 Å². The fourth-order valence-electron chi connectivity index (χ4n) is 6.69. The number of aliphatic hydroxyl groups excluding tert-OH is 2. The first kappa shape index (κ1) is 33.5. The minimum Gasteiger partial charge on any atom is -0.462 e. The van der Waals surface area contributed by atoms with Crippen molar-refractivity contribution in [1.82, 2.24) is 4.98 Å². The second kappa shape index (κ2) is 16.6. The number of allylic oxidation sites excluding steroid dienone is 2. The molecule has 2 heterocycles. The van der Waals surface area contributed by atoms with E-state index >= 15 is 0 Å². The van der Waals surface area contributed by atoms with E-state index in [0.717, 1.165) is 25.7 Å². The zero-order valence-electron chi connectivity index (χ0n) is 25.5. The number of carbonyl (C=O) groups is 2. The number of nitrogens with zero attached hydrogens (tertiary/aromatic N) is 2. The van der Waals surface area contributed by atoms with Gasteiger partial charge in [-0.05, 0) is 74.0 Å². The first-order valence-electron chi connectivity index (χ1n) is 15.5. The molecule has 9 atom stereocenters. The SMILES string of the molecule is C[C@@H]1C[C@H](C)C[C@H](C)[C@@H](O)CC(=O)O[C@H]([C@@H]2CCC[C@H]2C(=O)OCc2ccccn2)C/C=C/C=C(/C#N)[C@H](O)[C@@H](C)C1. The quantitative estimate of drug-likeness (QED) is 0.435. The van der Waals surface area contributed by atoms with Gasteiger partial charge in [0.2, 0.25) is 0 Å². The van der Waals surface area contributed by atoms with Gasteiger partial charge >= 0.3 is 11.9 Å². The molecule has 42 heavy (non-hydrogen) atoms. The normalized spacial score (nSPS) is 35.9. The number of carbonyl (C=O) groups excluding carboxylic acids is 2. The van der Waals surface area contributed by atoms with Crippen molar-refractivity contribution in [3.05, 3.63) is 53.9 Å². The summed E-state index contributed by atoms with van der Waals surface area (Å²) < 4.78 is 11.6. The van der Waals surface area contributed by atoms with Crippen molar-refractivity contribution in [2.45, 2.75) is 104 Å². The van der Waals surface area contributed by atoms with Crippen molar-refractivity contribution in [2.24, 2.45) is 35.5 Å². The van der Waals surface area contributed by atoms with Crippen molar-refractivity contribution in [2.75, 3.05) is 0 Å². The van der Waals surface area contributed by atoms with Crippen LogP contribution >= 0.6 is 0 Å². The van der Waals surface area contributed by atoms with Gasteiger partial charge in [-0.2, -0.15) is 5.26 Å². The third kappa shape index (κ3) is 10.1. The molecular weight excluding hydrogens is 532 g/mol. The lowest BCUT2D eigenvalue weighted by Gasteiger charge is -2.29. The van der Waals surface area contributed by atoms with E-state index in [4.69, 9.17) is 9.47 Å². The van der Waals surface area contributed by atoms with Gasteiger partial charge in [0.05, 0.1) is 41.9 Å². The molecule has 2 aliphatic rings. The van der Waals surface area contributed by atoms with E-state index in [1.165, 1.54) is 0 Å². The standard InChI is InChI=1S/C34H48N2O6/c1-22-16-23(2)18-25(4)33(39)26(20-35)10-5-6-14-31(42-32(38)19-30(37)24(3)17-22)28-12-9-13-29(28)34(40)41-21-27-11-7-8-15-36-27/h5-8,10-11,15,22-25,28-31,33,37,39H,9,12-14,16-19,21H2,1-4H3/b6-5+,26-10-/t22-,23+,24-,25-,28+,29+,30-,31-,33+/m0/s1. The molecule has 2 N–H and O–H groups in total. The van der Waals surface area contributed by atoms with E-state index in [2.05, 4.69) is 24.9 Å². The molecule has 8 nitrogen and oxygen atoms in total. The highest BCUT2D eigenvalue weighted by atomic mass is 16.5. The first-order chi connectivity index (χ1) is 20.1. The third-order valence-electron chi connectivity index (χ3n) is 8.87. The van der Waals surface area contributed by atoms with E-state index in [-0.39, 0.29) is 36.8 Å². The average Bonchev–Trinajstić information content (AvgIpc) is 3.45. The maximum atomic E-state index is 13.1. The van der Waals surface area contributed by atoms with Crippen LogP contribution in [0.15, 0.2) is 48.2 Å². The molecule has 8 heteroatoms. The second-order valence-corrected chi connectivity index (χ2v) is 12.6. The summed E-state index contributed by atoms with van der Waals surface area (Å²) in [5.74, 6) is -0.986. The molecule has 1 fully saturated rings. The second-order valence-electron chi connectivity index (χ2n) is 12.6. The summed E-state index contributed by atoms with van der Waals surface area (Å²) in [6.45, 7) is 8.30. The zero-order chi connectivity index (χ0) is 30.6. The van der Waals surface area contributed by atoms with E-state index in [1.807, 2.05) is 26.0 Å². The lowest BCUT2D eigenvalue weighted by atomic mass is 9.82. The predicted molar refractivity (Wildman–Crippen MR) is 159 cm³/mol. The van der Waals surface area contributed by atoms with Gasteiger partial charge < -0.3 is 19.7 Å². The number of hydrogen-bond donors (Lipinski definition) is 2. The molecule has 3 rings (SSSR count). The number of ether oxygens (including phenoxy) is 2. The van der Waals surface area contributed by atoms with Crippen LogP contribution in [0.1, 0.15) is 84.8 Å². The van der Waals surface area contributed by atoms with Crippen LogP contribution in [0.2, 0.25) is 0 Å². The Morgan fingerprint density at radius 1 is 1.10 bits per heavy atom. The van der Waals surface area contributed by atoms with Crippen LogP contribution in [0, 0.1) is 46.8 Å². The number of esters is 2. The Balaban J connectivity index is 1.81. The van der Waals surface area contributed by atoms with Crippen LogP contribution in [0.3, 0.4) is 0 Å². The van der Waals surface area contributed by atoms with Gasteiger partial charge in [-0.15, -0.1) is 0 Å². The molecule has 0 radical (unpaired) electrons. The summed E-state index contributed by atoms with van der Waals surface area (Å²) >= 11 is 0. The molecule has 1 aliphatic heterocycles. The van der Waals surface area contributed by atoms with E-state index < -0.39 is 30.2 Å². The minimum absolute atomic E-state index is 0.0804. The number of cyclic esters (lactones) is 1. The lowest BCUT2D eigenvalue weighted by molar-refractivity contribution is -0.161. The van der Waals surface area contributed by atoms with Gasteiger partial charge in [0, 0.05) is 18.5 Å². The number of hydrogen-bond acceptors (Lipinski definition) is 8. The fraction of sp³-hybridized carbons (Fsp3) is 0.647. The Labute approximate surface area is 250 Å². The Bertz CT molecular complexity index is 1110. The van der Waals surface area contributed by atoms with E-state index in [0.29, 0.717) is 42.4 Å². The van der Waals surface area contributed by atoms with Crippen LogP contribution in [-0.4, -0.2) is 45.4 Å². The van der Waals surface area contributed by atoms with E-state index in [1.54, 1.807) is 30.5 Å². The number of aliphatic hydroxyl groups is 2. The molecule has 0 aromatic carbocycles. The molecule has 0 spiro atoms. The average molecular weight is 581 g/mol. The van der Waals surface area contributed by atoms with Crippen molar-refractivity contribution in [3.8, 4) is 6.07 Å². The summed E-state index contributed by atoms with van der Waals surface area (Å²) in [6, 6.07) is 7.58. The molecule has 1 saturated carbocycles. The number of rotatable bonds is 4. The van der Waals surface area contributed by atoms with Crippen LogP contribution < -0.4 is 0 Å². The Kier molecular flexibility index (Phi) is 13.2. The van der Waals surface area contributed by atoms with Gasteiger partial charge in [-0.25, -0.2) is 0 Å². The minimum atomic E-state index is -0.876. The molecule has 1 aromatic rings. The largest absolute Gasteiger partial charge is 0.462 e. The monoisotopic (exact) mass is 580 g/mol. The van der Waals surface area contributed by atoms with Crippen molar-refractivity contribution in [3.63, 3.8) is 0 Å². The van der Waals surface area contributed by atoms with Crippen molar-refractivity contribution < 1.29 is 29.3 Å². The molecule has 1 aliphatic carbocycles. The van der Waals surface area contributed by atoms with Crippen LogP contribution in [0.4, 0.5) is 0 Å². The van der Waals surface area contributed by atoms with Gasteiger partial charge in [-0.3, -0.25) is 14.6 Å². The summed E-state index contributed by atoms with van der Waals surface area (Å²) in [5, 5.41) is 31.5. The highest BCUT2D eigenvalue weighted by Crippen LogP contribution is 2.38. The molecule has 0 amide bonds. The third-order valence-corrected chi connectivity index (χ3v) is 8.87. The molecular formula is C34H48N2O6. The summed E-state index contributed by atoms with van der Waals surface area (Å²) in [4.78, 5) is 30.4. The van der Waals surface area contributed by atoms with Gasteiger partial charge in [0.25, 0.3) is 0 Å². The highest BCUT2D eigenvalue weighted by molar-refractivity contribution is 5.74. The molecule has 0 bridgehead atoms. The first-order valence-corrected chi connectivity index (χ1v) is 15.5. The number of aromatic nitrogens is 1. The maximum Gasteiger partial charge on any atom is 0.309 e. The number of pyridine rings is 1. The maximum absolute atomic E-state index is 13.1. The van der Waals surface area contributed by atoms with Crippen molar-refractivity contribution in [1.29, 1.82) is 5.26 Å². The molecule has 0 unspecified atom stereocenters. The number of nitriles is 1. The Morgan fingerprint density at radius 3 is 2.52 bits per heavy atom. The van der Waals surface area contributed by atoms with Crippen LogP contribution in [0.25, 0.3) is 0 Å². The van der Waals surface area contributed by atoms with E-state index in [9.17, 15) is 25.1 Å². The Morgan fingerprint density at radius 2 is 1.83 bits per heavy atom. The van der Waals surface area contributed by atoms with Gasteiger partial charge in [0.1, 0.15) is 12.7 Å². The molecule has 0 saturated heterocycles. The summed E-state index contributed by atoms with van der Waals surface area (Å²) in [5.41, 5.74) is 0.955. The van der Waals surface area contributed by atoms with Crippen molar-refractivity contribution >= 4 is 11.9 Å². The Hall–Kier alpha value is -3.02. The smallest absolute Gasteiger partial charge is 0.309 e.